The van der Waals surface area contributed by atoms with Crippen LogP contribution in [0.4, 0.5) is 0 Å². The molecule has 1 N–H and O–H groups in total. The minimum Gasteiger partial charge on any atom is -0.311 e. The van der Waals surface area contributed by atoms with E-state index in [0.717, 1.165) is 35.0 Å². The number of nitrogens with zero attached hydrogens (tertiary/aromatic N) is 3. The summed E-state index contributed by atoms with van der Waals surface area (Å²) in [5.41, 5.74) is 3.20. The lowest BCUT2D eigenvalue weighted by Gasteiger charge is -1.98. The SMILES string of the molecule is CCNCc1csc(-c2cnn(-c3ccccc3)c2)n1. The summed E-state index contributed by atoms with van der Waals surface area (Å²) in [7, 11) is 0. The van der Waals surface area contributed by atoms with Crippen LogP contribution >= 0.6 is 11.3 Å². The highest BCUT2D eigenvalue weighted by atomic mass is 32.1. The zero-order chi connectivity index (χ0) is 13.8. The van der Waals surface area contributed by atoms with Crippen molar-refractivity contribution < 1.29 is 0 Å². The van der Waals surface area contributed by atoms with Gasteiger partial charge in [0.15, 0.2) is 0 Å². The summed E-state index contributed by atoms with van der Waals surface area (Å²) in [6.07, 6.45) is 3.88. The lowest BCUT2D eigenvalue weighted by atomic mass is 10.3. The lowest BCUT2D eigenvalue weighted by molar-refractivity contribution is 0.715. The van der Waals surface area contributed by atoms with E-state index >= 15 is 0 Å². The molecule has 5 heteroatoms. The Kier molecular flexibility index (Phi) is 3.90. The van der Waals surface area contributed by atoms with Crippen LogP contribution in [-0.4, -0.2) is 21.3 Å². The van der Waals surface area contributed by atoms with Gasteiger partial charge in [0, 0.05) is 23.7 Å². The molecule has 0 radical (unpaired) electrons. The molecule has 0 atom stereocenters. The Labute approximate surface area is 122 Å². The third kappa shape index (κ3) is 2.79. The summed E-state index contributed by atoms with van der Waals surface area (Å²) >= 11 is 1.66. The average molecular weight is 284 g/mol. The molecule has 1 aromatic carbocycles. The Bertz CT molecular complexity index is 672. The van der Waals surface area contributed by atoms with Crippen molar-refractivity contribution in [3.63, 3.8) is 0 Å². The molecule has 0 spiro atoms. The molecule has 3 rings (SSSR count). The minimum absolute atomic E-state index is 0.819. The van der Waals surface area contributed by atoms with Crippen molar-refractivity contribution in [2.24, 2.45) is 0 Å². The van der Waals surface area contributed by atoms with Gasteiger partial charge in [0.05, 0.1) is 17.6 Å². The van der Waals surface area contributed by atoms with E-state index in [0.29, 0.717) is 0 Å². The van der Waals surface area contributed by atoms with Crippen molar-refractivity contribution in [3.8, 4) is 16.3 Å². The van der Waals surface area contributed by atoms with Crippen molar-refractivity contribution in [2.45, 2.75) is 13.5 Å². The molecular formula is C15H16N4S. The highest BCUT2D eigenvalue weighted by molar-refractivity contribution is 7.13. The van der Waals surface area contributed by atoms with Gasteiger partial charge in [-0.3, -0.25) is 0 Å². The predicted octanol–water partition coefficient (Wildman–Crippen LogP) is 3.11. The quantitative estimate of drug-likeness (QED) is 0.783. The second-order valence-corrected chi connectivity index (χ2v) is 5.29. The number of aromatic nitrogens is 3. The Morgan fingerprint density at radius 3 is 2.90 bits per heavy atom. The molecule has 0 aliphatic rings. The zero-order valence-electron chi connectivity index (χ0n) is 11.3. The monoisotopic (exact) mass is 284 g/mol. The maximum absolute atomic E-state index is 4.63. The molecule has 0 unspecified atom stereocenters. The van der Waals surface area contributed by atoms with Crippen molar-refractivity contribution in [1.29, 1.82) is 0 Å². The highest BCUT2D eigenvalue weighted by Gasteiger charge is 2.07. The smallest absolute Gasteiger partial charge is 0.126 e. The number of thiazole rings is 1. The third-order valence-electron chi connectivity index (χ3n) is 2.96. The van der Waals surface area contributed by atoms with Gasteiger partial charge in [-0.2, -0.15) is 5.10 Å². The number of hydrogen-bond acceptors (Lipinski definition) is 4. The van der Waals surface area contributed by atoms with Crippen LogP contribution in [-0.2, 0) is 6.54 Å². The number of para-hydroxylation sites is 1. The van der Waals surface area contributed by atoms with Crippen molar-refractivity contribution in [2.75, 3.05) is 6.54 Å². The van der Waals surface area contributed by atoms with E-state index in [9.17, 15) is 0 Å². The van der Waals surface area contributed by atoms with Crippen molar-refractivity contribution in [1.82, 2.24) is 20.1 Å². The van der Waals surface area contributed by atoms with Gasteiger partial charge in [-0.05, 0) is 18.7 Å². The predicted molar refractivity (Wildman–Crippen MR) is 82.1 cm³/mol. The topological polar surface area (TPSA) is 42.7 Å². The average Bonchev–Trinajstić information content (AvgIpc) is 3.15. The van der Waals surface area contributed by atoms with Crippen LogP contribution in [0.1, 0.15) is 12.6 Å². The summed E-state index contributed by atoms with van der Waals surface area (Å²) in [6, 6.07) is 10.1. The molecule has 2 heterocycles. The summed E-state index contributed by atoms with van der Waals surface area (Å²) in [5, 5.41) is 10.8. The fraction of sp³-hybridized carbons (Fsp3) is 0.200. The van der Waals surface area contributed by atoms with Crippen LogP contribution in [0.2, 0.25) is 0 Å². The van der Waals surface area contributed by atoms with E-state index in [2.05, 4.69) is 27.7 Å². The molecule has 20 heavy (non-hydrogen) atoms. The second-order valence-electron chi connectivity index (χ2n) is 4.43. The molecule has 0 fully saturated rings. The van der Waals surface area contributed by atoms with E-state index in [1.54, 1.807) is 11.3 Å². The molecule has 102 valence electrons. The van der Waals surface area contributed by atoms with E-state index in [4.69, 9.17) is 0 Å². The van der Waals surface area contributed by atoms with Crippen LogP contribution in [0, 0.1) is 0 Å². The molecule has 2 aromatic heterocycles. The number of hydrogen-bond donors (Lipinski definition) is 1. The summed E-state index contributed by atoms with van der Waals surface area (Å²) in [5.74, 6) is 0. The highest BCUT2D eigenvalue weighted by Crippen LogP contribution is 2.24. The van der Waals surface area contributed by atoms with E-state index in [1.165, 1.54) is 0 Å². The summed E-state index contributed by atoms with van der Waals surface area (Å²) < 4.78 is 1.88. The lowest BCUT2D eigenvalue weighted by Crippen LogP contribution is -2.11. The Balaban J connectivity index is 1.81. The van der Waals surface area contributed by atoms with Gasteiger partial charge in [0.1, 0.15) is 5.01 Å². The Morgan fingerprint density at radius 1 is 1.25 bits per heavy atom. The molecule has 0 aliphatic carbocycles. The molecule has 0 amide bonds. The van der Waals surface area contributed by atoms with Crippen LogP contribution in [0.25, 0.3) is 16.3 Å². The second kappa shape index (κ2) is 5.98. The van der Waals surface area contributed by atoms with Gasteiger partial charge in [-0.25, -0.2) is 9.67 Å². The largest absolute Gasteiger partial charge is 0.311 e. The van der Waals surface area contributed by atoms with Crippen LogP contribution in [0.5, 0.6) is 0 Å². The summed E-state index contributed by atoms with van der Waals surface area (Å²) in [6.45, 7) is 3.87. The summed E-state index contributed by atoms with van der Waals surface area (Å²) in [4.78, 5) is 4.63. The van der Waals surface area contributed by atoms with Crippen molar-refractivity contribution >= 4 is 11.3 Å². The van der Waals surface area contributed by atoms with Crippen LogP contribution < -0.4 is 5.32 Å². The molecule has 3 aromatic rings. The molecule has 0 saturated carbocycles. The van der Waals surface area contributed by atoms with Gasteiger partial charge in [0.2, 0.25) is 0 Å². The maximum Gasteiger partial charge on any atom is 0.126 e. The van der Waals surface area contributed by atoms with Gasteiger partial charge < -0.3 is 5.32 Å². The fourth-order valence-corrected chi connectivity index (χ4v) is 2.72. The van der Waals surface area contributed by atoms with E-state index in [-0.39, 0.29) is 0 Å². The van der Waals surface area contributed by atoms with Crippen molar-refractivity contribution in [3.05, 3.63) is 53.8 Å². The molecular weight excluding hydrogens is 268 g/mol. The normalized spacial score (nSPS) is 10.8. The fourth-order valence-electron chi connectivity index (χ4n) is 1.93. The first-order valence-corrected chi connectivity index (χ1v) is 7.50. The van der Waals surface area contributed by atoms with Crippen LogP contribution in [0.3, 0.4) is 0 Å². The number of rotatable bonds is 5. The van der Waals surface area contributed by atoms with Crippen LogP contribution in [0.15, 0.2) is 48.1 Å². The standard InChI is InChI=1S/C15H16N4S/c1-2-16-9-13-11-20-15(18-13)12-8-17-19(10-12)14-6-4-3-5-7-14/h3-8,10-11,16H,2,9H2,1H3. The first-order valence-electron chi connectivity index (χ1n) is 6.62. The maximum atomic E-state index is 4.63. The number of benzene rings is 1. The Morgan fingerprint density at radius 2 is 2.10 bits per heavy atom. The minimum atomic E-state index is 0.819. The zero-order valence-corrected chi connectivity index (χ0v) is 12.1. The first kappa shape index (κ1) is 13.0. The van der Waals surface area contributed by atoms with Gasteiger partial charge in [-0.1, -0.05) is 25.1 Å². The molecule has 0 saturated heterocycles. The van der Waals surface area contributed by atoms with E-state index in [1.807, 2.05) is 47.4 Å². The van der Waals surface area contributed by atoms with Gasteiger partial charge >= 0.3 is 0 Å². The molecule has 4 nitrogen and oxygen atoms in total. The van der Waals surface area contributed by atoms with Gasteiger partial charge in [0.25, 0.3) is 0 Å². The molecule has 0 aliphatic heterocycles. The van der Waals surface area contributed by atoms with Gasteiger partial charge in [-0.15, -0.1) is 11.3 Å². The number of nitrogens with one attached hydrogen (secondary N) is 1. The van der Waals surface area contributed by atoms with E-state index < -0.39 is 0 Å². The third-order valence-corrected chi connectivity index (χ3v) is 3.90. The molecule has 0 bridgehead atoms. The first-order chi connectivity index (χ1) is 9.86. The Hall–Kier alpha value is -1.98.